The van der Waals surface area contributed by atoms with Crippen molar-refractivity contribution < 1.29 is 32.7 Å². The number of fused-ring (bicyclic) bond motifs is 1. The largest absolute Gasteiger partial charge is 0.464 e. The number of hydrogen-bond donors (Lipinski definition) is 2. The first-order chi connectivity index (χ1) is 19.8. The van der Waals surface area contributed by atoms with Crippen LogP contribution in [0.4, 0.5) is 8.78 Å². The number of nitrogens with one attached hydrogen (secondary N) is 2. The van der Waals surface area contributed by atoms with Crippen molar-refractivity contribution in [2.75, 3.05) is 13.2 Å². The molecule has 3 amide bonds. The Kier molecular flexibility index (Phi) is 9.62. The van der Waals surface area contributed by atoms with Crippen LogP contribution in [-0.4, -0.2) is 75.3 Å². The highest BCUT2D eigenvalue weighted by atomic mass is 19.3. The molecule has 0 spiro atoms. The third-order valence-electron chi connectivity index (χ3n) is 9.17. The van der Waals surface area contributed by atoms with E-state index in [0.29, 0.717) is 6.54 Å². The Morgan fingerprint density at radius 3 is 2.40 bits per heavy atom. The molecule has 1 aromatic rings. The minimum Gasteiger partial charge on any atom is -0.464 e. The minimum atomic E-state index is -2.99. The van der Waals surface area contributed by atoms with Gasteiger partial charge in [-0.15, -0.1) is 0 Å². The van der Waals surface area contributed by atoms with E-state index in [1.807, 2.05) is 6.92 Å². The lowest BCUT2D eigenvalue weighted by molar-refractivity contribution is -0.156. The van der Waals surface area contributed by atoms with Crippen LogP contribution in [0.3, 0.4) is 0 Å². The van der Waals surface area contributed by atoms with Crippen molar-refractivity contribution in [1.29, 1.82) is 0 Å². The van der Waals surface area contributed by atoms with Gasteiger partial charge < -0.3 is 24.8 Å². The summed E-state index contributed by atoms with van der Waals surface area (Å²) < 4.78 is 36.5. The molecule has 0 bridgehead atoms. The summed E-state index contributed by atoms with van der Waals surface area (Å²) in [5.74, 6) is -7.11. The molecule has 2 N–H and O–H groups in total. The van der Waals surface area contributed by atoms with Gasteiger partial charge in [-0.3, -0.25) is 14.4 Å². The maximum Gasteiger partial charge on any atom is 0.329 e. The average molecular weight is 594 g/mol. The van der Waals surface area contributed by atoms with Crippen LogP contribution in [0, 0.1) is 23.2 Å². The molecule has 1 aromatic heterocycles. The molecule has 42 heavy (non-hydrogen) atoms. The van der Waals surface area contributed by atoms with Gasteiger partial charge in [0.1, 0.15) is 18.1 Å². The quantitative estimate of drug-likeness (QED) is 0.423. The second-order valence-electron chi connectivity index (χ2n) is 13.0. The number of halogens is 2. The van der Waals surface area contributed by atoms with Gasteiger partial charge in [-0.05, 0) is 44.4 Å². The fourth-order valence-electron chi connectivity index (χ4n) is 6.91. The van der Waals surface area contributed by atoms with Gasteiger partial charge in [-0.25, -0.2) is 18.6 Å². The van der Waals surface area contributed by atoms with Crippen molar-refractivity contribution >= 4 is 23.7 Å². The molecule has 12 heteroatoms. The first-order valence-corrected chi connectivity index (χ1v) is 15.3. The number of hydrogen-bond acceptors (Lipinski definition) is 6. The number of likely N-dealkylation sites (tertiary alicyclic amines) is 1. The second-order valence-corrected chi connectivity index (χ2v) is 13.0. The van der Waals surface area contributed by atoms with Crippen molar-refractivity contribution in [2.24, 2.45) is 23.2 Å². The number of rotatable bonds is 9. The topological polar surface area (TPSA) is 123 Å². The van der Waals surface area contributed by atoms with Crippen LogP contribution in [0.25, 0.3) is 0 Å². The molecule has 234 valence electrons. The molecule has 10 nitrogen and oxygen atoms in total. The monoisotopic (exact) mass is 593 g/mol. The zero-order chi connectivity index (χ0) is 30.8. The Labute approximate surface area is 246 Å². The molecule has 3 aliphatic rings. The smallest absolute Gasteiger partial charge is 0.329 e. The molecule has 2 saturated carbocycles. The number of esters is 1. The molecule has 2 heterocycles. The molecular formula is C30H45F2N5O5. The van der Waals surface area contributed by atoms with E-state index in [-0.39, 0.29) is 37.7 Å². The van der Waals surface area contributed by atoms with E-state index in [0.717, 1.165) is 32.1 Å². The summed E-state index contributed by atoms with van der Waals surface area (Å²) in [6, 6.07) is -3.19. The van der Waals surface area contributed by atoms with Gasteiger partial charge in [-0.2, -0.15) is 0 Å². The zero-order valence-electron chi connectivity index (χ0n) is 25.3. The molecule has 1 unspecified atom stereocenters. The van der Waals surface area contributed by atoms with Gasteiger partial charge in [0.25, 0.3) is 11.8 Å². The summed E-state index contributed by atoms with van der Waals surface area (Å²) in [6.07, 6.45) is 7.35. The van der Waals surface area contributed by atoms with Crippen LogP contribution < -0.4 is 10.6 Å². The zero-order valence-corrected chi connectivity index (χ0v) is 25.3. The van der Waals surface area contributed by atoms with E-state index in [1.54, 1.807) is 38.5 Å². The summed E-state index contributed by atoms with van der Waals surface area (Å²) in [5.41, 5.74) is -0.828. The number of aromatic nitrogens is 2. The second kappa shape index (κ2) is 12.7. The van der Waals surface area contributed by atoms with Gasteiger partial charge in [0.2, 0.25) is 11.8 Å². The lowest BCUT2D eigenvalue weighted by atomic mass is 9.82. The van der Waals surface area contributed by atoms with Crippen LogP contribution >= 0.6 is 0 Å². The van der Waals surface area contributed by atoms with Gasteiger partial charge >= 0.3 is 5.97 Å². The summed E-state index contributed by atoms with van der Waals surface area (Å²) in [7, 11) is 0. The highest BCUT2D eigenvalue weighted by Crippen LogP contribution is 2.51. The van der Waals surface area contributed by atoms with Crippen molar-refractivity contribution in [3.05, 3.63) is 18.2 Å². The molecule has 4 rings (SSSR count). The van der Waals surface area contributed by atoms with Crippen molar-refractivity contribution in [1.82, 2.24) is 25.1 Å². The molecule has 1 aliphatic heterocycles. The Bertz CT molecular complexity index is 1160. The molecule has 2 aliphatic carbocycles. The lowest BCUT2D eigenvalue weighted by Gasteiger charge is -2.38. The van der Waals surface area contributed by atoms with E-state index < -0.39 is 65.0 Å². The van der Waals surface area contributed by atoms with Gasteiger partial charge in [-0.1, -0.05) is 40.0 Å². The molecule has 1 saturated heterocycles. The summed E-state index contributed by atoms with van der Waals surface area (Å²) >= 11 is 0. The van der Waals surface area contributed by atoms with Crippen molar-refractivity contribution in [3.8, 4) is 0 Å². The molecular weight excluding hydrogens is 548 g/mol. The number of aryl methyl sites for hydroxylation is 1. The lowest BCUT2D eigenvalue weighted by Crippen LogP contribution is -2.61. The van der Waals surface area contributed by atoms with E-state index in [2.05, 4.69) is 15.6 Å². The standard InChI is InChI=1S/C30H45F2N5O5/c1-6-36-16-15-33-24(36)26(39)34-21(18-11-9-8-10-12-18)25(38)35-23(29(3,4)5)27(40)37-17-20-19(13-14-30(20,31)32)22(37)28(41)42-7-2/h15-16,18-23H,6-14,17H2,1-5H3,(H,34,39)(H,35,38)/t19-,20-,21-,22?,23+/m0/s1. The summed E-state index contributed by atoms with van der Waals surface area (Å²) in [6.45, 7) is 9.13. The van der Waals surface area contributed by atoms with E-state index in [4.69, 9.17) is 4.74 Å². The van der Waals surface area contributed by atoms with Crippen LogP contribution in [0.5, 0.6) is 0 Å². The van der Waals surface area contributed by atoms with E-state index >= 15 is 0 Å². The summed E-state index contributed by atoms with van der Waals surface area (Å²) in [5, 5.41) is 5.76. The number of carbonyl (C=O) groups is 4. The van der Waals surface area contributed by atoms with Crippen LogP contribution in [0.1, 0.15) is 90.2 Å². The van der Waals surface area contributed by atoms with Gasteiger partial charge in [0.15, 0.2) is 5.82 Å². The van der Waals surface area contributed by atoms with Crippen LogP contribution in [0.15, 0.2) is 12.4 Å². The molecule has 5 atom stereocenters. The number of imidazole rings is 1. The number of amides is 3. The number of carbonyl (C=O) groups excluding carboxylic acids is 4. The SMILES string of the molecule is CCOC(=O)C1[C@H]2CCC(F)(F)[C@H]2CN1C(=O)[C@@H](NC(=O)[C@@H](NC(=O)c1nccn1CC)C1CCCCC1)C(C)(C)C. The predicted octanol–water partition coefficient (Wildman–Crippen LogP) is 3.55. The van der Waals surface area contributed by atoms with Gasteiger partial charge in [0.05, 0.1) is 6.61 Å². The van der Waals surface area contributed by atoms with Gasteiger partial charge in [0, 0.05) is 43.7 Å². The fraction of sp³-hybridized carbons (Fsp3) is 0.767. The van der Waals surface area contributed by atoms with Crippen LogP contribution in [0.2, 0.25) is 0 Å². The highest BCUT2D eigenvalue weighted by molar-refractivity contribution is 5.97. The molecule has 0 radical (unpaired) electrons. The number of alkyl halides is 2. The highest BCUT2D eigenvalue weighted by Gasteiger charge is 2.62. The third kappa shape index (κ3) is 6.46. The normalized spacial score (nSPS) is 25.4. The first kappa shape index (κ1) is 31.9. The third-order valence-corrected chi connectivity index (χ3v) is 9.17. The fourth-order valence-corrected chi connectivity index (χ4v) is 6.91. The minimum absolute atomic E-state index is 0.0591. The van der Waals surface area contributed by atoms with Crippen molar-refractivity contribution in [3.63, 3.8) is 0 Å². The Morgan fingerprint density at radius 2 is 1.79 bits per heavy atom. The maximum atomic E-state index is 14.8. The Morgan fingerprint density at radius 1 is 1.10 bits per heavy atom. The first-order valence-electron chi connectivity index (χ1n) is 15.3. The number of ether oxygens (including phenoxy) is 1. The number of nitrogens with zero attached hydrogens (tertiary/aromatic N) is 3. The average Bonchev–Trinajstić information content (AvgIpc) is 3.65. The predicted molar refractivity (Wildman–Crippen MR) is 150 cm³/mol. The molecule has 3 fully saturated rings. The Balaban J connectivity index is 1.60. The van der Waals surface area contributed by atoms with E-state index in [9.17, 15) is 28.0 Å². The Hall–Kier alpha value is -3.05. The summed E-state index contributed by atoms with van der Waals surface area (Å²) in [4.78, 5) is 59.7. The van der Waals surface area contributed by atoms with Crippen molar-refractivity contribution in [2.45, 2.75) is 110 Å². The van der Waals surface area contributed by atoms with Crippen LogP contribution in [-0.2, 0) is 25.7 Å². The molecule has 0 aromatic carbocycles. The van der Waals surface area contributed by atoms with E-state index in [1.165, 1.54) is 11.1 Å². The maximum absolute atomic E-state index is 14.8.